The van der Waals surface area contributed by atoms with Gasteiger partial charge in [-0.15, -0.1) is 10.2 Å². The summed E-state index contributed by atoms with van der Waals surface area (Å²) in [6, 6.07) is 14.4. The van der Waals surface area contributed by atoms with Crippen molar-refractivity contribution in [1.29, 1.82) is 0 Å². The highest BCUT2D eigenvalue weighted by atomic mass is 35.5. The highest BCUT2D eigenvalue weighted by Gasteiger charge is 2.15. The van der Waals surface area contributed by atoms with Crippen LogP contribution in [0.15, 0.2) is 52.9 Å². The monoisotopic (exact) mass is 343 g/mol. The average molecular weight is 344 g/mol. The van der Waals surface area contributed by atoms with Crippen LogP contribution in [-0.4, -0.2) is 23.2 Å². The van der Waals surface area contributed by atoms with E-state index in [1.165, 1.54) is 0 Å². The van der Waals surface area contributed by atoms with E-state index in [1.54, 1.807) is 31.4 Å². The van der Waals surface area contributed by atoms with Crippen molar-refractivity contribution in [2.75, 3.05) is 7.11 Å². The molecule has 0 radical (unpaired) electrons. The number of halogens is 1. The molecule has 0 saturated heterocycles. The lowest BCUT2D eigenvalue weighted by atomic mass is 10.2. The standard InChI is InChI=1S/C17H14ClN3O3/c1-23-14-7-5-11(6-8-14)10-19-15(22)17-21-20-16(24-17)12-3-2-4-13(18)9-12/h2-9H,10H2,1H3,(H,19,22). The molecule has 7 heteroatoms. The number of carbonyl (C=O) groups is 1. The summed E-state index contributed by atoms with van der Waals surface area (Å²) in [4.78, 5) is 12.1. The zero-order valence-electron chi connectivity index (χ0n) is 12.8. The van der Waals surface area contributed by atoms with Gasteiger partial charge in [-0.1, -0.05) is 29.8 Å². The largest absolute Gasteiger partial charge is 0.497 e. The van der Waals surface area contributed by atoms with Crippen molar-refractivity contribution >= 4 is 17.5 Å². The fourth-order valence-corrected chi connectivity index (χ4v) is 2.24. The minimum atomic E-state index is -0.438. The summed E-state index contributed by atoms with van der Waals surface area (Å²) in [5, 5.41) is 10.9. The molecule has 1 amide bonds. The highest BCUT2D eigenvalue weighted by Crippen LogP contribution is 2.21. The first-order valence-electron chi connectivity index (χ1n) is 7.16. The Labute approximate surface area is 143 Å². The molecule has 3 rings (SSSR count). The number of amides is 1. The lowest BCUT2D eigenvalue weighted by molar-refractivity contribution is 0.0917. The van der Waals surface area contributed by atoms with Gasteiger partial charge in [0.15, 0.2) is 0 Å². The van der Waals surface area contributed by atoms with Crippen LogP contribution in [-0.2, 0) is 6.54 Å². The molecule has 1 heterocycles. The van der Waals surface area contributed by atoms with Gasteiger partial charge >= 0.3 is 11.8 Å². The molecule has 0 spiro atoms. The smallest absolute Gasteiger partial charge is 0.309 e. The van der Waals surface area contributed by atoms with E-state index in [0.29, 0.717) is 17.1 Å². The lowest BCUT2D eigenvalue weighted by Crippen LogP contribution is -2.23. The third-order valence-electron chi connectivity index (χ3n) is 3.30. The van der Waals surface area contributed by atoms with E-state index in [-0.39, 0.29) is 11.8 Å². The van der Waals surface area contributed by atoms with E-state index in [1.807, 2.05) is 24.3 Å². The second-order valence-corrected chi connectivity index (χ2v) is 5.39. The molecule has 0 aliphatic rings. The van der Waals surface area contributed by atoms with Gasteiger partial charge in [-0.2, -0.15) is 0 Å². The first kappa shape index (κ1) is 16.0. The number of hydrogen-bond acceptors (Lipinski definition) is 5. The SMILES string of the molecule is COc1ccc(CNC(=O)c2nnc(-c3cccc(Cl)c3)o2)cc1. The zero-order valence-corrected chi connectivity index (χ0v) is 13.6. The Hall–Kier alpha value is -2.86. The van der Waals surface area contributed by atoms with Gasteiger partial charge < -0.3 is 14.5 Å². The summed E-state index contributed by atoms with van der Waals surface area (Å²) < 4.78 is 10.5. The molecule has 24 heavy (non-hydrogen) atoms. The first-order chi connectivity index (χ1) is 11.7. The summed E-state index contributed by atoms with van der Waals surface area (Å²) in [5.41, 5.74) is 1.59. The molecule has 0 atom stereocenters. The molecule has 1 aromatic heterocycles. The Balaban J connectivity index is 1.65. The van der Waals surface area contributed by atoms with Gasteiger partial charge in [0.1, 0.15) is 5.75 Å². The van der Waals surface area contributed by atoms with Gasteiger partial charge in [0.05, 0.1) is 7.11 Å². The van der Waals surface area contributed by atoms with Crippen molar-refractivity contribution in [3.63, 3.8) is 0 Å². The summed E-state index contributed by atoms with van der Waals surface area (Å²) in [5.74, 6) is 0.463. The maximum atomic E-state index is 12.1. The van der Waals surface area contributed by atoms with E-state index in [4.69, 9.17) is 20.8 Å². The minimum absolute atomic E-state index is 0.0986. The van der Waals surface area contributed by atoms with E-state index in [9.17, 15) is 4.79 Å². The number of carbonyl (C=O) groups excluding carboxylic acids is 1. The van der Waals surface area contributed by atoms with Gasteiger partial charge in [0, 0.05) is 17.1 Å². The second kappa shape index (κ2) is 7.14. The number of benzene rings is 2. The van der Waals surface area contributed by atoms with Crippen LogP contribution in [0.3, 0.4) is 0 Å². The topological polar surface area (TPSA) is 77.2 Å². The van der Waals surface area contributed by atoms with E-state index in [2.05, 4.69) is 15.5 Å². The normalized spacial score (nSPS) is 10.4. The number of aromatic nitrogens is 2. The number of hydrogen-bond donors (Lipinski definition) is 1. The molecule has 3 aromatic rings. The van der Waals surface area contributed by atoms with Gasteiger partial charge in [-0.3, -0.25) is 4.79 Å². The van der Waals surface area contributed by atoms with Crippen LogP contribution in [0.4, 0.5) is 0 Å². The van der Waals surface area contributed by atoms with Crippen LogP contribution in [0.25, 0.3) is 11.5 Å². The van der Waals surface area contributed by atoms with Crippen LogP contribution in [0, 0.1) is 0 Å². The predicted octanol–water partition coefficient (Wildman–Crippen LogP) is 3.33. The number of nitrogens with zero attached hydrogens (tertiary/aromatic N) is 2. The lowest BCUT2D eigenvalue weighted by Gasteiger charge is -2.04. The maximum absolute atomic E-state index is 12.1. The number of rotatable bonds is 5. The maximum Gasteiger partial charge on any atom is 0.309 e. The molecular weight excluding hydrogens is 330 g/mol. The summed E-state index contributed by atoms with van der Waals surface area (Å²) >= 11 is 5.93. The summed E-state index contributed by atoms with van der Waals surface area (Å²) in [6.45, 7) is 0.345. The van der Waals surface area contributed by atoms with Crippen molar-refractivity contribution in [1.82, 2.24) is 15.5 Å². The molecule has 0 aliphatic heterocycles. The molecule has 0 bridgehead atoms. The Bertz CT molecular complexity index is 846. The Kier molecular flexibility index (Phi) is 4.77. The van der Waals surface area contributed by atoms with E-state index >= 15 is 0 Å². The van der Waals surface area contributed by atoms with E-state index < -0.39 is 5.91 Å². The minimum Gasteiger partial charge on any atom is -0.497 e. The number of nitrogens with one attached hydrogen (secondary N) is 1. The number of methoxy groups -OCH3 is 1. The molecule has 0 aliphatic carbocycles. The fourth-order valence-electron chi connectivity index (χ4n) is 2.05. The molecule has 2 aromatic carbocycles. The van der Waals surface area contributed by atoms with Crippen LogP contribution in [0.2, 0.25) is 5.02 Å². The molecule has 6 nitrogen and oxygen atoms in total. The van der Waals surface area contributed by atoms with Gasteiger partial charge in [-0.05, 0) is 35.9 Å². The highest BCUT2D eigenvalue weighted by molar-refractivity contribution is 6.30. The Morgan fingerprint density at radius 2 is 2.00 bits per heavy atom. The Morgan fingerprint density at radius 1 is 1.21 bits per heavy atom. The molecular formula is C17H14ClN3O3. The van der Waals surface area contributed by atoms with Crippen molar-refractivity contribution in [2.45, 2.75) is 6.54 Å². The van der Waals surface area contributed by atoms with E-state index in [0.717, 1.165) is 11.3 Å². The van der Waals surface area contributed by atoms with Crippen molar-refractivity contribution in [2.24, 2.45) is 0 Å². The third kappa shape index (κ3) is 3.72. The molecule has 0 fully saturated rings. The molecule has 1 N–H and O–H groups in total. The average Bonchev–Trinajstić information content (AvgIpc) is 3.10. The van der Waals surface area contributed by atoms with Crippen LogP contribution in [0.5, 0.6) is 5.75 Å². The first-order valence-corrected chi connectivity index (χ1v) is 7.54. The molecule has 122 valence electrons. The van der Waals surface area contributed by atoms with Crippen molar-refractivity contribution in [3.05, 3.63) is 65.0 Å². The fraction of sp³-hybridized carbons (Fsp3) is 0.118. The number of ether oxygens (including phenoxy) is 1. The van der Waals surface area contributed by atoms with Crippen LogP contribution >= 0.6 is 11.6 Å². The zero-order chi connectivity index (χ0) is 16.9. The quantitative estimate of drug-likeness (QED) is 0.768. The molecule has 0 saturated carbocycles. The second-order valence-electron chi connectivity index (χ2n) is 4.95. The van der Waals surface area contributed by atoms with Crippen LogP contribution < -0.4 is 10.1 Å². The Morgan fingerprint density at radius 3 is 2.71 bits per heavy atom. The predicted molar refractivity (Wildman–Crippen MR) is 88.9 cm³/mol. The van der Waals surface area contributed by atoms with Gasteiger partial charge in [-0.25, -0.2) is 0 Å². The van der Waals surface area contributed by atoms with Crippen LogP contribution in [0.1, 0.15) is 16.2 Å². The molecule has 0 unspecified atom stereocenters. The third-order valence-corrected chi connectivity index (χ3v) is 3.54. The summed E-state index contributed by atoms with van der Waals surface area (Å²) in [6.07, 6.45) is 0. The van der Waals surface area contributed by atoms with Crippen molar-refractivity contribution < 1.29 is 13.9 Å². The van der Waals surface area contributed by atoms with Crippen molar-refractivity contribution in [3.8, 4) is 17.2 Å². The summed E-state index contributed by atoms with van der Waals surface area (Å²) in [7, 11) is 1.60. The van der Waals surface area contributed by atoms with Gasteiger partial charge in [0.2, 0.25) is 5.89 Å². The van der Waals surface area contributed by atoms with Gasteiger partial charge in [0.25, 0.3) is 0 Å².